The van der Waals surface area contributed by atoms with Crippen LogP contribution in [0.25, 0.3) is 0 Å². The Kier molecular flexibility index (Phi) is 3.21. The highest BCUT2D eigenvalue weighted by atomic mass is 19.2. The fourth-order valence-corrected chi connectivity index (χ4v) is 1.84. The minimum atomic E-state index is -0.827. The molecule has 1 aliphatic rings. The number of benzene rings is 1. The van der Waals surface area contributed by atoms with Gasteiger partial charge in [0.15, 0.2) is 11.6 Å². The summed E-state index contributed by atoms with van der Waals surface area (Å²) in [7, 11) is 0. The first-order valence-corrected chi connectivity index (χ1v) is 5.42. The number of rotatable bonds is 1. The molecular formula is C12H15F2NO. The first-order valence-electron chi connectivity index (χ1n) is 5.42. The minimum absolute atomic E-state index is 0.0126. The molecule has 1 aliphatic heterocycles. The van der Waals surface area contributed by atoms with Crippen LogP contribution in [0.3, 0.4) is 0 Å². The van der Waals surface area contributed by atoms with E-state index in [1.165, 1.54) is 6.07 Å². The Morgan fingerprint density at radius 3 is 2.75 bits per heavy atom. The Balaban J connectivity index is 2.22. The first-order chi connectivity index (χ1) is 7.59. The molecule has 4 heteroatoms. The third-order valence-electron chi connectivity index (χ3n) is 3.04. The summed E-state index contributed by atoms with van der Waals surface area (Å²) < 4.78 is 32.2. The fraction of sp³-hybridized carbons (Fsp3) is 0.500. The maximum atomic E-state index is 13.5. The normalized spacial score (nSPS) is 30.4. The molecule has 1 N–H and O–H groups in total. The van der Waals surface area contributed by atoms with Gasteiger partial charge in [-0.15, -0.1) is 0 Å². The van der Waals surface area contributed by atoms with Crippen LogP contribution in [0.4, 0.5) is 8.78 Å². The molecule has 3 atom stereocenters. The zero-order chi connectivity index (χ0) is 11.7. The lowest BCUT2D eigenvalue weighted by Crippen LogP contribution is -2.46. The summed E-state index contributed by atoms with van der Waals surface area (Å²) in [5, 5.41) is 3.21. The molecule has 0 aliphatic carbocycles. The van der Waals surface area contributed by atoms with Gasteiger partial charge in [0.2, 0.25) is 0 Å². The smallest absolute Gasteiger partial charge is 0.164 e. The molecule has 88 valence electrons. The number of ether oxygens (including phenoxy) is 1. The van der Waals surface area contributed by atoms with Crippen molar-refractivity contribution in [3.05, 3.63) is 35.4 Å². The molecule has 1 aromatic carbocycles. The number of hydrogen-bond donors (Lipinski definition) is 1. The van der Waals surface area contributed by atoms with E-state index in [4.69, 9.17) is 4.74 Å². The lowest BCUT2D eigenvalue weighted by Gasteiger charge is -2.34. The van der Waals surface area contributed by atoms with Crippen LogP contribution in [0.5, 0.6) is 0 Å². The first kappa shape index (κ1) is 11.5. The number of nitrogens with one attached hydrogen (secondary N) is 1. The van der Waals surface area contributed by atoms with Gasteiger partial charge in [-0.2, -0.15) is 0 Å². The summed E-state index contributed by atoms with van der Waals surface area (Å²) in [6.07, 6.45) is -0.427. The lowest BCUT2D eigenvalue weighted by atomic mass is 10.0. The minimum Gasteiger partial charge on any atom is -0.368 e. The molecule has 0 aromatic heterocycles. The van der Waals surface area contributed by atoms with E-state index in [0.29, 0.717) is 6.54 Å². The van der Waals surface area contributed by atoms with E-state index < -0.39 is 17.7 Å². The molecule has 3 unspecified atom stereocenters. The Morgan fingerprint density at radius 2 is 2.06 bits per heavy atom. The summed E-state index contributed by atoms with van der Waals surface area (Å²) in [6, 6.07) is 4.40. The molecular weight excluding hydrogens is 212 g/mol. The zero-order valence-electron chi connectivity index (χ0n) is 9.34. The van der Waals surface area contributed by atoms with Crippen molar-refractivity contribution in [2.75, 3.05) is 6.54 Å². The third kappa shape index (κ3) is 2.08. The summed E-state index contributed by atoms with van der Waals surface area (Å²) in [5.74, 6) is -1.64. The van der Waals surface area contributed by atoms with Gasteiger partial charge in [-0.3, -0.25) is 0 Å². The van der Waals surface area contributed by atoms with Crippen molar-refractivity contribution < 1.29 is 13.5 Å². The largest absolute Gasteiger partial charge is 0.368 e. The summed E-state index contributed by atoms with van der Waals surface area (Å²) >= 11 is 0. The van der Waals surface area contributed by atoms with Crippen molar-refractivity contribution in [3.8, 4) is 0 Å². The Morgan fingerprint density at radius 1 is 1.31 bits per heavy atom. The van der Waals surface area contributed by atoms with Gasteiger partial charge in [0.25, 0.3) is 0 Å². The van der Waals surface area contributed by atoms with Gasteiger partial charge in [0, 0.05) is 18.2 Å². The maximum absolute atomic E-state index is 13.5. The molecule has 2 nitrogen and oxygen atoms in total. The second-order valence-electron chi connectivity index (χ2n) is 4.17. The molecule has 1 heterocycles. The Labute approximate surface area is 93.6 Å². The number of hydrogen-bond acceptors (Lipinski definition) is 2. The van der Waals surface area contributed by atoms with Gasteiger partial charge in [-0.05, 0) is 19.9 Å². The van der Waals surface area contributed by atoms with Crippen LogP contribution in [0.1, 0.15) is 25.5 Å². The average Bonchev–Trinajstić information content (AvgIpc) is 2.26. The molecule has 0 saturated carbocycles. The monoisotopic (exact) mass is 227 g/mol. The lowest BCUT2D eigenvalue weighted by molar-refractivity contribution is -0.0525. The van der Waals surface area contributed by atoms with Gasteiger partial charge in [0.1, 0.15) is 0 Å². The Bertz CT molecular complexity index is 383. The average molecular weight is 227 g/mol. The van der Waals surface area contributed by atoms with Crippen molar-refractivity contribution in [1.29, 1.82) is 0 Å². The number of halogens is 2. The molecule has 0 spiro atoms. The van der Waals surface area contributed by atoms with E-state index in [0.717, 1.165) is 6.07 Å². The van der Waals surface area contributed by atoms with Gasteiger partial charge < -0.3 is 10.1 Å². The molecule has 1 fully saturated rings. The van der Waals surface area contributed by atoms with Crippen molar-refractivity contribution >= 4 is 0 Å². The van der Waals surface area contributed by atoms with Crippen LogP contribution in [-0.4, -0.2) is 18.7 Å². The van der Waals surface area contributed by atoms with Crippen molar-refractivity contribution in [2.45, 2.75) is 32.1 Å². The highest BCUT2D eigenvalue weighted by molar-refractivity contribution is 5.22. The van der Waals surface area contributed by atoms with Crippen molar-refractivity contribution in [3.63, 3.8) is 0 Å². The van der Waals surface area contributed by atoms with E-state index in [1.807, 2.05) is 13.8 Å². The predicted octanol–water partition coefficient (Wildman–Crippen LogP) is 2.40. The maximum Gasteiger partial charge on any atom is 0.164 e. The van der Waals surface area contributed by atoms with Crippen molar-refractivity contribution in [1.82, 2.24) is 5.32 Å². The second-order valence-corrected chi connectivity index (χ2v) is 4.17. The summed E-state index contributed by atoms with van der Waals surface area (Å²) in [5.41, 5.74) is 0.284. The van der Waals surface area contributed by atoms with Gasteiger partial charge in [-0.1, -0.05) is 12.1 Å². The Hall–Kier alpha value is -1.00. The highest BCUT2D eigenvalue weighted by Crippen LogP contribution is 2.26. The van der Waals surface area contributed by atoms with E-state index in [9.17, 15) is 8.78 Å². The van der Waals surface area contributed by atoms with Gasteiger partial charge in [-0.25, -0.2) is 8.78 Å². The molecule has 16 heavy (non-hydrogen) atoms. The van der Waals surface area contributed by atoms with E-state index >= 15 is 0 Å². The fourth-order valence-electron chi connectivity index (χ4n) is 1.84. The standard InChI is InChI=1S/C12H15F2NO/c1-7-8(2)16-11(6-15-7)9-4-3-5-10(13)12(9)14/h3-5,7-8,11,15H,6H2,1-2H3. The summed E-state index contributed by atoms with van der Waals surface area (Å²) in [6.45, 7) is 4.43. The molecule has 0 radical (unpaired) electrons. The SMILES string of the molecule is CC1NCC(c2cccc(F)c2F)OC1C. The van der Waals surface area contributed by atoms with Crippen LogP contribution in [0, 0.1) is 11.6 Å². The quantitative estimate of drug-likeness (QED) is 0.795. The predicted molar refractivity (Wildman–Crippen MR) is 57.1 cm³/mol. The molecule has 0 amide bonds. The van der Waals surface area contributed by atoms with Crippen molar-refractivity contribution in [2.24, 2.45) is 0 Å². The molecule has 2 rings (SSSR count). The summed E-state index contributed by atoms with van der Waals surface area (Å²) in [4.78, 5) is 0. The van der Waals surface area contributed by atoms with Crippen LogP contribution in [0.2, 0.25) is 0 Å². The third-order valence-corrected chi connectivity index (χ3v) is 3.04. The van der Waals surface area contributed by atoms with Gasteiger partial charge in [0.05, 0.1) is 12.2 Å². The van der Waals surface area contributed by atoms with Gasteiger partial charge >= 0.3 is 0 Å². The molecule has 0 bridgehead atoms. The zero-order valence-corrected chi connectivity index (χ0v) is 9.34. The van der Waals surface area contributed by atoms with Crippen LogP contribution >= 0.6 is 0 Å². The van der Waals surface area contributed by atoms with E-state index in [1.54, 1.807) is 6.07 Å². The topological polar surface area (TPSA) is 21.3 Å². The van der Waals surface area contributed by atoms with Crippen LogP contribution in [-0.2, 0) is 4.74 Å². The molecule has 1 saturated heterocycles. The van der Waals surface area contributed by atoms with Crippen LogP contribution < -0.4 is 5.32 Å². The molecule has 1 aromatic rings. The van der Waals surface area contributed by atoms with Crippen LogP contribution in [0.15, 0.2) is 18.2 Å². The highest BCUT2D eigenvalue weighted by Gasteiger charge is 2.28. The second kappa shape index (κ2) is 4.47. The van der Waals surface area contributed by atoms with E-state index in [2.05, 4.69) is 5.32 Å². The van der Waals surface area contributed by atoms with E-state index in [-0.39, 0.29) is 17.7 Å². The number of morpholine rings is 1.